The first-order valence-corrected chi connectivity index (χ1v) is 15.2. The van der Waals surface area contributed by atoms with Crippen molar-refractivity contribution in [1.29, 1.82) is 0 Å². The highest BCUT2D eigenvalue weighted by molar-refractivity contribution is 5.71. The summed E-state index contributed by atoms with van der Waals surface area (Å²) >= 11 is 0. The van der Waals surface area contributed by atoms with Gasteiger partial charge >= 0.3 is 18.3 Å². The highest BCUT2D eigenvalue weighted by atomic mass is 16.6. The summed E-state index contributed by atoms with van der Waals surface area (Å²) in [5.74, 6) is 1.81. The van der Waals surface area contributed by atoms with Crippen molar-refractivity contribution in [3.8, 4) is 17.2 Å². The van der Waals surface area contributed by atoms with Gasteiger partial charge in [0, 0.05) is 39.0 Å². The molecule has 1 saturated heterocycles. The molecule has 3 rings (SSSR count). The molecule has 0 aromatic heterocycles. The van der Waals surface area contributed by atoms with Crippen LogP contribution in [0.15, 0.2) is 54.6 Å². The number of benzene rings is 2. The van der Waals surface area contributed by atoms with E-state index in [0.717, 1.165) is 44.3 Å². The van der Waals surface area contributed by atoms with Gasteiger partial charge < -0.3 is 34.5 Å². The minimum absolute atomic E-state index is 0.238. The molecule has 10 heteroatoms. The molecule has 230 valence electrons. The van der Waals surface area contributed by atoms with Crippen molar-refractivity contribution in [2.75, 3.05) is 32.8 Å². The lowest BCUT2D eigenvalue weighted by molar-refractivity contribution is 0.0524. The molecule has 1 fully saturated rings. The highest BCUT2D eigenvalue weighted by Crippen LogP contribution is 2.24. The molecule has 3 amide bonds. The summed E-state index contributed by atoms with van der Waals surface area (Å²) in [5.41, 5.74) is 0. The first kappa shape index (κ1) is 32.6. The Labute approximate surface area is 249 Å². The van der Waals surface area contributed by atoms with Crippen molar-refractivity contribution >= 4 is 18.3 Å². The number of unbranched alkanes of at least 4 members (excludes halogenated alkanes) is 6. The number of alkyl carbamates (subject to hydrolysis) is 2. The lowest BCUT2D eigenvalue weighted by Gasteiger charge is -2.30. The Morgan fingerprint density at radius 2 is 1.33 bits per heavy atom. The number of amides is 3. The Balaban J connectivity index is 1.18. The summed E-state index contributed by atoms with van der Waals surface area (Å²) in [5, 5.41) is 5.56. The van der Waals surface area contributed by atoms with Crippen LogP contribution in [0.2, 0.25) is 0 Å². The molecule has 0 bridgehead atoms. The van der Waals surface area contributed by atoms with E-state index in [2.05, 4.69) is 17.6 Å². The van der Waals surface area contributed by atoms with E-state index in [-0.39, 0.29) is 12.2 Å². The molecular formula is C32H45N3O7. The van der Waals surface area contributed by atoms with Crippen LogP contribution in [-0.2, 0) is 9.47 Å². The molecule has 2 aromatic rings. The van der Waals surface area contributed by atoms with Crippen LogP contribution < -0.4 is 20.1 Å². The Morgan fingerprint density at radius 3 is 2.02 bits per heavy atom. The van der Waals surface area contributed by atoms with Crippen LogP contribution in [0, 0.1) is 0 Å². The molecule has 0 spiro atoms. The number of likely N-dealkylation sites (tertiary alicyclic amines) is 1. The Bertz CT molecular complexity index is 1060. The van der Waals surface area contributed by atoms with Crippen molar-refractivity contribution in [3.05, 3.63) is 54.6 Å². The quantitative estimate of drug-likeness (QED) is 0.204. The first-order valence-electron chi connectivity index (χ1n) is 15.2. The smallest absolute Gasteiger partial charge is 0.415 e. The third-order valence-electron chi connectivity index (χ3n) is 6.85. The zero-order chi connectivity index (χ0) is 29.8. The maximum atomic E-state index is 12.6. The van der Waals surface area contributed by atoms with E-state index in [1.54, 1.807) is 29.2 Å². The molecule has 1 aliphatic heterocycles. The molecule has 42 heavy (non-hydrogen) atoms. The molecule has 0 unspecified atom stereocenters. The predicted octanol–water partition coefficient (Wildman–Crippen LogP) is 7.04. The zero-order valence-corrected chi connectivity index (χ0v) is 24.7. The lowest BCUT2D eigenvalue weighted by Crippen LogP contribution is -2.43. The zero-order valence-electron chi connectivity index (χ0n) is 24.7. The van der Waals surface area contributed by atoms with Crippen molar-refractivity contribution in [2.24, 2.45) is 0 Å². The molecule has 1 aliphatic rings. The summed E-state index contributed by atoms with van der Waals surface area (Å²) in [7, 11) is 0. The molecule has 0 aliphatic carbocycles. The van der Waals surface area contributed by atoms with Gasteiger partial charge in [-0.2, -0.15) is 0 Å². The summed E-state index contributed by atoms with van der Waals surface area (Å²) < 4.78 is 22.0. The van der Waals surface area contributed by atoms with Crippen molar-refractivity contribution < 1.29 is 33.3 Å². The number of ether oxygens (including phenoxy) is 4. The maximum absolute atomic E-state index is 12.6. The topological polar surface area (TPSA) is 115 Å². The standard InChI is InChI=1S/C32H45N3O7/c1-2-3-4-10-21-33-30(36)39-25-12-6-5-11-22-34-31(37)41-29-19-23-35(24-20-29)32(38)42-28-17-15-27(16-18-28)40-26-13-8-7-9-14-26/h7-9,13-18,29H,2-6,10-12,19-25H2,1H3,(H,33,36)(H,34,37). The highest BCUT2D eigenvalue weighted by Gasteiger charge is 2.26. The van der Waals surface area contributed by atoms with E-state index >= 15 is 0 Å². The Hall–Kier alpha value is -3.95. The Kier molecular flexibility index (Phi) is 14.9. The molecule has 2 N–H and O–H groups in total. The largest absolute Gasteiger partial charge is 0.457 e. The lowest BCUT2D eigenvalue weighted by atomic mass is 10.1. The molecular weight excluding hydrogens is 538 g/mol. The van der Waals surface area contributed by atoms with Gasteiger partial charge in [0.25, 0.3) is 0 Å². The van der Waals surface area contributed by atoms with Gasteiger partial charge in [-0.25, -0.2) is 14.4 Å². The number of hydrogen-bond acceptors (Lipinski definition) is 7. The van der Waals surface area contributed by atoms with Gasteiger partial charge in [-0.3, -0.25) is 0 Å². The maximum Gasteiger partial charge on any atom is 0.415 e. The average molecular weight is 584 g/mol. The van der Waals surface area contributed by atoms with Crippen molar-refractivity contribution in [2.45, 2.75) is 77.2 Å². The fraction of sp³-hybridized carbons (Fsp3) is 0.531. The molecule has 0 radical (unpaired) electrons. The number of nitrogens with zero attached hydrogens (tertiary/aromatic N) is 1. The van der Waals surface area contributed by atoms with Gasteiger partial charge in [-0.15, -0.1) is 0 Å². The van der Waals surface area contributed by atoms with Gasteiger partial charge in [-0.05, 0) is 62.1 Å². The van der Waals surface area contributed by atoms with Crippen LogP contribution in [0.3, 0.4) is 0 Å². The van der Waals surface area contributed by atoms with Gasteiger partial charge in [0.15, 0.2) is 0 Å². The van der Waals surface area contributed by atoms with Crippen LogP contribution >= 0.6 is 0 Å². The van der Waals surface area contributed by atoms with Crippen LogP contribution in [0.1, 0.15) is 71.1 Å². The predicted molar refractivity (Wildman–Crippen MR) is 160 cm³/mol. The fourth-order valence-corrected chi connectivity index (χ4v) is 4.44. The van der Waals surface area contributed by atoms with Gasteiger partial charge in [0.2, 0.25) is 0 Å². The monoisotopic (exact) mass is 583 g/mol. The SMILES string of the molecule is CCCCCCNC(=O)OCCCCCCNC(=O)OC1CCN(C(=O)Oc2ccc(Oc3ccccc3)cc2)CC1. The minimum Gasteiger partial charge on any atom is -0.457 e. The summed E-state index contributed by atoms with van der Waals surface area (Å²) in [6.45, 7) is 4.64. The number of piperidine rings is 1. The van der Waals surface area contributed by atoms with E-state index in [1.165, 1.54) is 12.8 Å². The second-order valence-corrected chi connectivity index (χ2v) is 10.3. The third-order valence-corrected chi connectivity index (χ3v) is 6.85. The number of nitrogens with one attached hydrogen (secondary N) is 2. The number of hydrogen-bond donors (Lipinski definition) is 2. The third kappa shape index (κ3) is 13.1. The molecule has 2 aromatic carbocycles. The van der Waals surface area contributed by atoms with E-state index in [0.29, 0.717) is 57.1 Å². The first-order chi connectivity index (χ1) is 20.5. The van der Waals surface area contributed by atoms with Crippen LogP contribution in [0.25, 0.3) is 0 Å². The van der Waals surface area contributed by atoms with Crippen molar-refractivity contribution in [1.82, 2.24) is 15.5 Å². The van der Waals surface area contributed by atoms with E-state index in [9.17, 15) is 14.4 Å². The van der Waals surface area contributed by atoms with Crippen LogP contribution in [-0.4, -0.2) is 62.1 Å². The van der Waals surface area contributed by atoms with Crippen molar-refractivity contribution in [3.63, 3.8) is 0 Å². The molecule has 0 atom stereocenters. The fourth-order valence-electron chi connectivity index (χ4n) is 4.44. The minimum atomic E-state index is -0.437. The van der Waals surface area contributed by atoms with Gasteiger partial charge in [-0.1, -0.05) is 50.8 Å². The molecule has 1 heterocycles. The van der Waals surface area contributed by atoms with E-state index in [1.807, 2.05) is 30.3 Å². The number of para-hydroxylation sites is 1. The number of carbonyl (C=O) groups excluding carboxylic acids is 3. The summed E-state index contributed by atoms with van der Waals surface area (Å²) in [6, 6.07) is 16.3. The van der Waals surface area contributed by atoms with Gasteiger partial charge in [0.05, 0.1) is 6.61 Å². The number of rotatable bonds is 16. The Morgan fingerprint density at radius 1 is 0.738 bits per heavy atom. The summed E-state index contributed by atoms with van der Waals surface area (Å²) in [4.78, 5) is 38.0. The van der Waals surface area contributed by atoms with E-state index < -0.39 is 12.2 Å². The summed E-state index contributed by atoms with van der Waals surface area (Å²) in [6.07, 6.45) is 7.57. The second kappa shape index (κ2) is 19.2. The molecule has 10 nitrogen and oxygen atoms in total. The number of carbonyl (C=O) groups is 3. The van der Waals surface area contributed by atoms with Gasteiger partial charge in [0.1, 0.15) is 23.4 Å². The average Bonchev–Trinajstić information content (AvgIpc) is 3.00. The van der Waals surface area contributed by atoms with E-state index in [4.69, 9.17) is 18.9 Å². The van der Waals surface area contributed by atoms with Crippen LogP contribution in [0.5, 0.6) is 17.2 Å². The second-order valence-electron chi connectivity index (χ2n) is 10.3. The molecule has 0 saturated carbocycles. The van der Waals surface area contributed by atoms with Crippen LogP contribution in [0.4, 0.5) is 14.4 Å². The normalized spacial score (nSPS) is 13.2.